The lowest BCUT2D eigenvalue weighted by Gasteiger charge is -2.04. The van der Waals surface area contributed by atoms with Gasteiger partial charge < -0.3 is 5.11 Å². The van der Waals surface area contributed by atoms with Crippen LogP contribution >= 0.6 is 11.3 Å². The van der Waals surface area contributed by atoms with Gasteiger partial charge >= 0.3 is 11.7 Å². The van der Waals surface area contributed by atoms with Crippen molar-refractivity contribution in [2.75, 3.05) is 0 Å². The molecule has 0 aliphatic heterocycles. The highest BCUT2D eigenvalue weighted by Crippen LogP contribution is 2.22. The van der Waals surface area contributed by atoms with Crippen LogP contribution in [0, 0.1) is 12.7 Å². The van der Waals surface area contributed by atoms with E-state index >= 15 is 0 Å². The predicted octanol–water partition coefficient (Wildman–Crippen LogP) is 0.792. The van der Waals surface area contributed by atoms with Crippen molar-refractivity contribution in [3.8, 4) is 0 Å². The van der Waals surface area contributed by atoms with E-state index in [1.54, 1.807) is 6.92 Å². The van der Waals surface area contributed by atoms with E-state index in [-0.39, 0.29) is 11.4 Å². The number of rotatable bonds is 3. The molecular weight excluding hydrogens is 275 g/mol. The normalized spacial score (nSPS) is 10.6. The molecule has 2 N–H and O–H groups in total. The summed E-state index contributed by atoms with van der Waals surface area (Å²) < 4.78 is 14.1. The molecule has 0 aromatic carbocycles. The predicted molar refractivity (Wildman–Crippen MR) is 66.4 cm³/mol. The van der Waals surface area contributed by atoms with Crippen molar-refractivity contribution < 1.29 is 14.3 Å². The van der Waals surface area contributed by atoms with E-state index in [1.165, 1.54) is 6.07 Å². The third-order valence-electron chi connectivity index (χ3n) is 2.54. The number of carboxylic acids is 1. The van der Waals surface area contributed by atoms with Crippen LogP contribution < -0.4 is 11.2 Å². The average Bonchev–Trinajstić information content (AvgIpc) is 2.68. The Balaban J connectivity index is 2.42. The Labute approximate surface area is 109 Å². The van der Waals surface area contributed by atoms with Crippen molar-refractivity contribution in [2.45, 2.75) is 13.5 Å². The molecule has 0 aliphatic carbocycles. The van der Waals surface area contributed by atoms with Gasteiger partial charge in [0, 0.05) is 4.88 Å². The molecule has 2 heterocycles. The summed E-state index contributed by atoms with van der Waals surface area (Å²) in [6.07, 6.45) is 0.804. The van der Waals surface area contributed by atoms with E-state index < -0.39 is 23.0 Å². The maximum atomic E-state index is 13.1. The summed E-state index contributed by atoms with van der Waals surface area (Å²) in [5.41, 5.74) is -1.22. The lowest BCUT2D eigenvalue weighted by molar-refractivity contribution is 0.0702. The van der Waals surface area contributed by atoms with Crippen LogP contribution in [0.25, 0.3) is 0 Å². The van der Waals surface area contributed by atoms with Crippen LogP contribution in [0.2, 0.25) is 0 Å². The van der Waals surface area contributed by atoms with Crippen LogP contribution in [0.5, 0.6) is 0 Å². The first-order valence-electron chi connectivity index (χ1n) is 5.20. The number of halogens is 1. The number of carboxylic acid groups (broad SMARTS) is 1. The Morgan fingerprint density at radius 1 is 1.53 bits per heavy atom. The van der Waals surface area contributed by atoms with E-state index in [0.29, 0.717) is 5.56 Å². The molecular formula is C11H9FN2O4S. The van der Waals surface area contributed by atoms with E-state index in [0.717, 1.165) is 27.0 Å². The second-order valence-electron chi connectivity index (χ2n) is 3.86. The first kappa shape index (κ1) is 13.2. The maximum absolute atomic E-state index is 13.1. The first-order valence-corrected chi connectivity index (χ1v) is 6.02. The molecule has 0 saturated carbocycles. The highest BCUT2D eigenvalue weighted by atomic mass is 32.1. The van der Waals surface area contributed by atoms with Gasteiger partial charge in [0.1, 0.15) is 4.88 Å². The molecule has 0 amide bonds. The van der Waals surface area contributed by atoms with Crippen LogP contribution in [-0.2, 0) is 6.54 Å². The largest absolute Gasteiger partial charge is 0.477 e. The molecule has 2 rings (SSSR count). The number of aryl methyl sites for hydroxylation is 1. The zero-order chi connectivity index (χ0) is 14.2. The molecule has 0 spiro atoms. The van der Waals surface area contributed by atoms with Crippen molar-refractivity contribution in [1.82, 2.24) is 9.55 Å². The third kappa shape index (κ3) is 2.63. The van der Waals surface area contributed by atoms with Crippen molar-refractivity contribution >= 4 is 17.3 Å². The van der Waals surface area contributed by atoms with Gasteiger partial charge in [-0.25, -0.2) is 9.59 Å². The monoisotopic (exact) mass is 284 g/mol. The molecule has 2 aromatic heterocycles. The number of nitrogens with one attached hydrogen (secondary N) is 1. The molecule has 0 aliphatic rings. The van der Waals surface area contributed by atoms with Gasteiger partial charge in [-0.15, -0.1) is 11.3 Å². The number of carbonyl (C=O) groups is 1. The van der Waals surface area contributed by atoms with Gasteiger partial charge in [0.25, 0.3) is 5.56 Å². The molecule has 2 aromatic rings. The maximum Gasteiger partial charge on any atom is 0.345 e. The van der Waals surface area contributed by atoms with E-state index in [4.69, 9.17) is 5.11 Å². The minimum atomic E-state index is -1.07. The Hall–Kier alpha value is -2.22. The number of hydrogen-bond donors (Lipinski definition) is 2. The van der Waals surface area contributed by atoms with Gasteiger partial charge in [-0.3, -0.25) is 14.3 Å². The first-order chi connectivity index (χ1) is 8.88. The van der Waals surface area contributed by atoms with E-state index in [1.807, 2.05) is 4.98 Å². The molecule has 0 saturated heterocycles. The Kier molecular flexibility index (Phi) is 3.34. The van der Waals surface area contributed by atoms with Crippen molar-refractivity contribution in [3.05, 3.63) is 54.2 Å². The number of aromatic amines is 1. The van der Waals surface area contributed by atoms with Crippen LogP contribution in [0.15, 0.2) is 21.9 Å². The van der Waals surface area contributed by atoms with Crippen molar-refractivity contribution in [2.24, 2.45) is 0 Å². The molecule has 100 valence electrons. The average molecular weight is 284 g/mol. The zero-order valence-electron chi connectivity index (χ0n) is 9.77. The van der Waals surface area contributed by atoms with E-state index in [9.17, 15) is 18.8 Å². The number of hydrogen-bond acceptors (Lipinski definition) is 4. The van der Waals surface area contributed by atoms with Gasteiger partial charge in [-0.1, -0.05) is 0 Å². The molecule has 0 atom stereocenters. The highest BCUT2D eigenvalue weighted by molar-refractivity contribution is 7.14. The van der Waals surface area contributed by atoms with Crippen LogP contribution in [-0.4, -0.2) is 20.6 Å². The smallest absolute Gasteiger partial charge is 0.345 e. The Morgan fingerprint density at radius 2 is 2.21 bits per heavy atom. The minimum Gasteiger partial charge on any atom is -0.477 e. The van der Waals surface area contributed by atoms with Crippen molar-refractivity contribution in [3.63, 3.8) is 0 Å². The molecule has 8 heteroatoms. The summed E-state index contributed by atoms with van der Waals surface area (Å²) in [5.74, 6) is -2.12. The number of thiophene rings is 1. The molecule has 0 fully saturated rings. The molecule has 0 radical (unpaired) electrons. The van der Waals surface area contributed by atoms with Gasteiger partial charge in [0.2, 0.25) is 5.82 Å². The van der Waals surface area contributed by atoms with Gasteiger partial charge in [0.15, 0.2) is 0 Å². The standard InChI is InChI=1S/C11H9FN2O4S/c1-5-6(2-8(19-5)10(16)17)3-14-4-7(12)9(15)13-11(14)18/h2,4H,3H2,1H3,(H,16,17)(H,13,15,18). The summed E-state index contributed by atoms with van der Waals surface area (Å²) >= 11 is 1.07. The lowest BCUT2D eigenvalue weighted by atomic mass is 10.2. The third-order valence-corrected chi connectivity index (χ3v) is 3.62. The molecule has 0 unspecified atom stereocenters. The zero-order valence-corrected chi connectivity index (χ0v) is 10.6. The summed E-state index contributed by atoms with van der Waals surface area (Å²) in [4.78, 5) is 35.9. The van der Waals surface area contributed by atoms with Gasteiger partial charge in [-0.05, 0) is 18.6 Å². The minimum absolute atomic E-state index is 0.00213. The molecule has 6 nitrogen and oxygen atoms in total. The van der Waals surface area contributed by atoms with Crippen LogP contribution in [0.4, 0.5) is 4.39 Å². The summed E-state index contributed by atoms with van der Waals surface area (Å²) in [5, 5.41) is 8.86. The van der Waals surface area contributed by atoms with Crippen molar-refractivity contribution in [1.29, 1.82) is 0 Å². The molecule has 0 bridgehead atoms. The Morgan fingerprint density at radius 3 is 2.79 bits per heavy atom. The second kappa shape index (κ2) is 4.81. The lowest BCUT2D eigenvalue weighted by Crippen LogP contribution is -2.31. The fourth-order valence-electron chi connectivity index (χ4n) is 1.57. The quantitative estimate of drug-likeness (QED) is 0.871. The SMILES string of the molecule is Cc1sc(C(=O)O)cc1Cn1cc(F)c(=O)[nH]c1=O. The highest BCUT2D eigenvalue weighted by Gasteiger charge is 2.12. The van der Waals surface area contributed by atoms with Crippen LogP contribution in [0.3, 0.4) is 0 Å². The summed E-state index contributed by atoms with van der Waals surface area (Å²) in [7, 11) is 0. The fourth-order valence-corrected chi connectivity index (χ4v) is 2.44. The number of aromatic nitrogens is 2. The van der Waals surface area contributed by atoms with Gasteiger partial charge in [-0.2, -0.15) is 4.39 Å². The molecule has 19 heavy (non-hydrogen) atoms. The fraction of sp³-hybridized carbons (Fsp3) is 0.182. The number of aromatic carboxylic acids is 1. The number of nitrogens with zero attached hydrogens (tertiary/aromatic N) is 1. The summed E-state index contributed by atoms with van der Waals surface area (Å²) in [6, 6.07) is 1.43. The second-order valence-corrected chi connectivity index (χ2v) is 5.12. The summed E-state index contributed by atoms with van der Waals surface area (Å²) in [6.45, 7) is 1.71. The van der Waals surface area contributed by atoms with Gasteiger partial charge in [0.05, 0.1) is 12.7 Å². The van der Waals surface area contributed by atoms with Crippen LogP contribution in [0.1, 0.15) is 20.1 Å². The Bertz CT molecular complexity index is 759. The number of H-pyrrole nitrogens is 1. The topological polar surface area (TPSA) is 92.2 Å². The van der Waals surface area contributed by atoms with E-state index in [2.05, 4.69) is 0 Å².